The Labute approximate surface area is 226 Å². The molecule has 0 spiro atoms. The zero-order valence-corrected chi connectivity index (χ0v) is 23.7. The third-order valence-electron chi connectivity index (χ3n) is 5.75. The van der Waals surface area contributed by atoms with Crippen molar-refractivity contribution < 1.29 is 46.6 Å². The van der Waals surface area contributed by atoms with Gasteiger partial charge in [0.1, 0.15) is 0 Å². The summed E-state index contributed by atoms with van der Waals surface area (Å²) in [6, 6.07) is 0. The summed E-state index contributed by atoms with van der Waals surface area (Å²) in [5.41, 5.74) is 0. The average molecular weight is 532 g/mol. The lowest BCUT2D eigenvalue weighted by atomic mass is 9.96. The van der Waals surface area contributed by atoms with Gasteiger partial charge in [0.15, 0.2) is 0 Å². The van der Waals surface area contributed by atoms with Crippen molar-refractivity contribution in [2.45, 2.75) is 84.0 Å². The lowest BCUT2D eigenvalue weighted by Crippen LogP contribution is -2.53. The molecule has 10 nitrogen and oxygen atoms in total. The minimum absolute atomic E-state index is 0.277. The Morgan fingerprint density at radius 1 is 0.405 bits per heavy atom. The van der Waals surface area contributed by atoms with Crippen LogP contribution in [0.15, 0.2) is 0 Å². The topological polar surface area (TPSA) is 92.3 Å². The molecule has 0 unspecified atom stereocenters. The average Bonchev–Trinajstić information content (AvgIpc) is 2.90. The highest BCUT2D eigenvalue weighted by molar-refractivity contribution is 6.66. The first-order valence-corrected chi connectivity index (χ1v) is 14.2. The van der Waals surface area contributed by atoms with Crippen LogP contribution in [-0.4, -0.2) is 95.6 Å². The van der Waals surface area contributed by atoms with Crippen molar-refractivity contribution in [3.63, 3.8) is 0 Å². The molecule has 0 aromatic heterocycles. The monoisotopic (exact) mass is 532 g/mol. The molecule has 1 saturated heterocycles. The Balaban J connectivity index is 2.11. The molecule has 0 atom stereocenters. The van der Waals surface area contributed by atoms with E-state index >= 15 is 0 Å². The van der Waals surface area contributed by atoms with Crippen LogP contribution in [0.3, 0.4) is 0 Å². The SMILES string of the molecule is CCCCCCCCCCCCCCOB1OB(OCCOC)OB(OCCOCCOCCOC)O1. The number of methoxy groups -OCH3 is 2. The molecule has 0 N–H and O–H groups in total. The molecule has 1 rings (SSSR count). The molecule has 0 bridgehead atoms. The predicted molar refractivity (Wildman–Crippen MR) is 145 cm³/mol. The van der Waals surface area contributed by atoms with Gasteiger partial charge in [-0.25, -0.2) is 0 Å². The molecular formula is C24H51B3O10. The van der Waals surface area contributed by atoms with E-state index in [0.717, 1.165) is 12.8 Å². The highest BCUT2D eigenvalue weighted by Crippen LogP contribution is 2.14. The summed E-state index contributed by atoms with van der Waals surface area (Å²) in [5, 5.41) is 0. The second-order valence-corrected chi connectivity index (χ2v) is 8.99. The van der Waals surface area contributed by atoms with Crippen molar-refractivity contribution in [3.8, 4) is 0 Å². The molecular weight excluding hydrogens is 481 g/mol. The second-order valence-electron chi connectivity index (χ2n) is 8.99. The van der Waals surface area contributed by atoms with Gasteiger partial charge in [0.25, 0.3) is 0 Å². The van der Waals surface area contributed by atoms with Crippen molar-refractivity contribution in [2.24, 2.45) is 0 Å². The Morgan fingerprint density at radius 2 is 0.757 bits per heavy atom. The zero-order chi connectivity index (χ0) is 26.7. The van der Waals surface area contributed by atoms with Crippen LogP contribution in [0.1, 0.15) is 84.0 Å². The molecule has 0 aromatic carbocycles. The minimum atomic E-state index is -0.977. The second kappa shape index (κ2) is 27.4. The van der Waals surface area contributed by atoms with Crippen molar-refractivity contribution in [3.05, 3.63) is 0 Å². The number of rotatable bonds is 28. The molecule has 1 aliphatic heterocycles. The van der Waals surface area contributed by atoms with Gasteiger partial charge >= 0.3 is 22.0 Å². The summed E-state index contributed by atoms with van der Waals surface area (Å²) in [7, 11) is 0.379. The maximum Gasteiger partial charge on any atom is 0.615 e. The predicted octanol–water partition coefficient (Wildman–Crippen LogP) is 4.08. The zero-order valence-electron chi connectivity index (χ0n) is 23.7. The van der Waals surface area contributed by atoms with Gasteiger partial charge in [0.05, 0.1) is 52.9 Å². The van der Waals surface area contributed by atoms with E-state index in [1.807, 2.05) is 0 Å². The molecule has 1 aliphatic rings. The smallest absolute Gasteiger partial charge is 0.400 e. The van der Waals surface area contributed by atoms with Gasteiger partial charge in [0, 0.05) is 20.8 Å². The molecule has 0 radical (unpaired) electrons. The van der Waals surface area contributed by atoms with E-state index in [1.54, 1.807) is 14.2 Å². The quantitative estimate of drug-likeness (QED) is 0.109. The standard InChI is InChI=1S/C24H51B3O10/c1-4-5-6-7-8-9-10-11-12-13-14-15-16-32-25-35-26(33-23-18-29-3)37-27(36-25)34-24-22-31-21-20-30-19-17-28-2/h4-24H2,1-3H3. The fraction of sp³-hybridized carbons (Fsp3) is 1.00. The van der Waals surface area contributed by atoms with E-state index in [1.165, 1.54) is 64.2 Å². The number of hydrogen-bond donors (Lipinski definition) is 0. The first-order chi connectivity index (χ1) is 18.3. The maximum atomic E-state index is 5.76. The number of ether oxygens (including phenoxy) is 4. The summed E-state index contributed by atoms with van der Waals surface area (Å²) >= 11 is 0. The fourth-order valence-corrected chi connectivity index (χ4v) is 3.62. The first kappa shape index (κ1) is 34.8. The van der Waals surface area contributed by atoms with E-state index < -0.39 is 22.0 Å². The van der Waals surface area contributed by atoms with Crippen molar-refractivity contribution in [1.29, 1.82) is 0 Å². The third kappa shape index (κ3) is 22.3. The Hall–Kier alpha value is -0.205. The molecule has 0 amide bonds. The normalized spacial score (nSPS) is 14.2. The van der Waals surface area contributed by atoms with E-state index in [4.69, 9.17) is 46.6 Å². The van der Waals surface area contributed by atoms with E-state index in [0.29, 0.717) is 52.9 Å². The molecule has 13 heteroatoms. The van der Waals surface area contributed by atoms with Crippen LogP contribution < -0.4 is 0 Å². The van der Waals surface area contributed by atoms with Crippen LogP contribution in [-0.2, 0) is 46.6 Å². The summed E-state index contributed by atoms with van der Waals surface area (Å²) in [4.78, 5) is 0. The van der Waals surface area contributed by atoms with Gasteiger partial charge in [-0.15, -0.1) is 0 Å². The van der Waals surface area contributed by atoms with Crippen LogP contribution >= 0.6 is 0 Å². The summed E-state index contributed by atoms with van der Waals surface area (Å²) in [6.45, 7) is 6.25. The van der Waals surface area contributed by atoms with E-state index in [9.17, 15) is 0 Å². The molecule has 1 fully saturated rings. The summed E-state index contributed by atoms with van der Waals surface area (Å²) < 4.78 is 54.4. The summed E-state index contributed by atoms with van der Waals surface area (Å²) in [5.74, 6) is 0. The van der Waals surface area contributed by atoms with Crippen LogP contribution in [0.25, 0.3) is 0 Å². The number of hydrogen-bond acceptors (Lipinski definition) is 10. The molecule has 37 heavy (non-hydrogen) atoms. The molecule has 0 aromatic rings. The highest BCUT2D eigenvalue weighted by Gasteiger charge is 2.46. The molecule has 1 heterocycles. The maximum absolute atomic E-state index is 5.76. The third-order valence-corrected chi connectivity index (χ3v) is 5.75. The van der Waals surface area contributed by atoms with Gasteiger partial charge in [0.2, 0.25) is 0 Å². The van der Waals surface area contributed by atoms with Crippen LogP contribution in [0.4, 0.5) is 0 Å². The molecule has 0 aliphatic carbocycles. The van der Waals surface area contributed by atoms with Gasteiger partial charge in [-0.3, -0.25) is 0 Å². The van der Waals surface area contributed by atoms with Crippen molar-refractivity contribution >= 4 is 22.0 Å². The first-order valence-electron chi connectivity index (χ1n) is 14.2. The van der Waals surface area contributed by atoms with Gasteiger partial charge < -0.3 is 46.6 Å². The van der Waals surface area contributed by atoms with Crippen LogP contribution in [0.5, 0.6) is 0 Å². The van der Waals surface area contributed by atoms with Gasteiger partial charge in [-0.2, -0.15) is 0 Å². The van der Waals surface area contributed by atoms with E-state index in [-0.39, 0.29) is 6.61 Å². The molecule has 0 saturated carbocycles. The van der Waals surface area contributed by atoms with Crippen molar-refractivity contribution in [2.75, 3.05) is 73.7 Å². The Kier molecular flexibility index (Phi) is 25.8. The van der Waals surface area contributed by atoms with Crippen LogP contribution in [0.2, 0.25) is 0 Å². The van der Waals surface area contributed by atoms with E-state index in [2.05, 4.69) is 6.92 Å². The minimum Gasteiger partial charge on any atom is -0.400 e. The molecule has 216 valence electrons. The van der Waals surface area contributed by atoms with Crippen molar-refractivity contribution in [1.82, 2.24) is 0 Å². The largest absolute Gasteiger partial charge is 0.615 e. The lowest BCUT2D eigenvalue weighted by molar-refractivity contribution is 0.00891. The van der Waals surface area contributed by atoms with Gasteiger partial charge in [-0.05, 0) is 6.42 Å². The Bertz CT molecular complexity index is 470. The van der Waals surface area contributed by atoms with Crippen LogP contribution in [0, 0.1) is 0 Å². The lowest BCUT2D eigenvalue weighted by Gasteiger charge is -2.28. The van der Waals surface area contributed by atoms with Gasteiger partial charge in [-0.1, -0.05) is 77.6 Å². The Morgan fingerprint density at radius 3 is 1.24 bits per heavy atom. The summed E-state index contributed by atoms with van der Waals surface area (Å²) in [6.07, 6.45) is 15.5. The fourth-order valence-electron chi connectivity index (χ4n) is 3.62. The highest BCUT2D eigenvalue weighted by atomic mass is 16.9. The number of unbranched alkanes of at least 4 members (excludes halogenated alkanes) is 11.